The molecule has 0 N–H and O–H groups in total. The fourth-order valence-corrected chi connectivity index (χ4v) is 2.16. The number of terminal acetylenes is 1. The molecule has 0 saturated heterocycles. The van der Waals surface area contributed by atoms with Crippen molar-refractivity contribution in [1.82, 2.24) is 0 Å². The lowest BCUT2D eigenvalue weighted by Crippen LogP contribution is -2.04. The molecule has 0 saturated carbocycles. The number of rotatable bonds is 2. The summed E-state index contributed by atoms with van der Waals surface area (Å²) >= 11 is 0. The first-order valence-corrected chi connectivity index (χ1v) is 5.12. The molecular formula is C7H12S2. The van der Waals surface area contributed by atoms with E-state index in [-0.39, 0.29) is 0 Å². The van der Waals surface area contributed by atoms with Crippen molar-refractivity contribution in [3.8, 4) is 12.3 Å². The Morgan fingerprint density at radius 2 is 2.00 bits per heavy atom. The molecule has 2 heteroatoms. The molecule has 0 radical (unpaired) electrons. The van der Waals surface area contributed by atoms with E-state index in [0.29, 0.717) is 4.75 Å². The van der Waals surface area contributed by atoms with Gasteiger partial charge in [0.2, 0.25) is 0 Å². The van der Waals surface area contributed by atoms with Gasteiger partial charge in [-0.2, -0.15) is 0 Å². The van der Waals surface area contributed by atoms with Gasteiger partial charge in [-0.05, 0) is 0 Å². The second-order valence-corrected chi connectivity index (χ2v) is 5.78. The van der Waals surface area contributed by atoms with E-state index < -0.39 is 0 Å². The van der Waals surface area contributed by atoms with Gasteiger partial charge in [0.05, 0.1) is 5.75 Å². The van der Waals surface area contributed by atoms with Crippen LogP contribution in [0, 0.1) is 12.3 Å². The predicted molar refractivity (Wildman–Crippen MR) is 48.6 cm³/mol. The summed E-state index contributed by atoms with van der Waals surface area (Å²) in [5.41, 5.74) is 0. The Morgan fingerprint density at radius 1 is 1.44 bits per heavy atom. The highest BCUT2D eigenvalue weighted by Crippen LogP contribution is 2.34. The molecule has 0 atom stereocenters. The topological polar surface area (TPSA) is 0 Å². The molecule has 0 unspecified atom stereocenters. The van der Waals surface area contributed by atoms with Gasteiger partial charge in [0.25, 0.3) is 0 Å². The van der Waals surface area contributed by atoms with E-state index in [0.717, 1.165) is 5.75 Å². The Labute approximate surface area is 65.6 Å². The zero-order chi connectivity index (χ0) is 7.33. The number of hydrogen-bond donors (Lipinski definition) is 0. The van der Waals surface area contributed by atoms with Gasteiger partial charge in [-0.15, -0.1) is 6.42 Å². The van der Waals surface area contributed by atoms with Gasteiger partial charge in [-0.1, -0.05) is 48.3 Å². The van der Waals surface area contributed by atoms with Crippen LogP contribution in [0.3, 0.4) is 0 Å². The summed E-state index contributed by atoms with van der Waals surface area (Å²) in [6.45, 7) is 6.55. The predicted octanol–water partition coefficient (Wildman–Crippen LogP) is 2.80. The summed E-state index contributed by atoms with van der Waals surface area (Å²) in [5.74, 6) is 3.39. The first-order valence-electron chi connectivity index (χ1n) is 2.80. The SMILES string of the molecule is C#CCSSC(C)(C)C. The monoisotopic (exact) mass is 160 g/mol. The van der Waals surface area contributed by atoms with Crippen LogP contribution >= 0.6 is 21.6 Å². The Kier molecular flexibility index (Phi) is 4.26. The molecular weight excluding hydrogens is 148 g/mol. The van der Waals surface area contributed by atoms with Crippen molar-refractivity contribution in [2.45, 2.75) is 25.5 Å². The molecule has 0 aromatic carbocycles. The fraction of sp³-hybridized carbons (Fsp3) is 0.714. The summed E-state index contributed by atoms with van der Waals surface area (Å²) in [6, 6.07) is 0. The van der Waals surface area contributed by atoms with Crippen molar-refractivity contribution in [3.05, 3.63) is 0 Å². The Bertz CT molecular complexity index is 105. The van der Waals surface area contributed by atoms with Gasteiger partial charge in [0.1, 0.15) is 0 Å². The van der Waals surface area contributed by atoms with Crippen LogP contribution in [0.1, 0.15) is 20.8 Å². The summed E-state index contributed by atoms with van der Waals surface area (Å²) in [7, 11) is 3.57. The van der Waals surface area contributed by atoms with Gasteiger partial charge in [-0.25, -0.2) is 0 Å². The van der Waals surface area contributed by atoms with Crippen LogP contribution in [0.15, 0.2) is 0 Å². The maximum absolute atomic E-state index is 5.07. The summed E-state index contributed by atoms with van der Waals surface area (Å²) in [5, 5.41) is 0. The first kappa shape index (κ1) is 9.26. The highest BCUT2D eigenvalue weighted by atomic mass is 33.1. The second kappa shape index (κ2) is 4.14. The molecule has 9 heavy (non-hydrogen) atoms. The average molecular weight is 160 g/mol. The minimum Gasteiger partial charge on any atom is -0.119 e. The molecule has 0 nitrogen and oxygen atoms in total. The molecule has 0 aromatic rings. The highest BCUT2D eigenvalue weighted by molar-refractivity contribution is 8.77. The van der Waals surface area contributed by atoms with Crippen LogP contribution in [0.25, 0.3) is 0 Å². The summed E-state index contributed by atoms with van der Waals surface area (Å²) < 4.78 is 0.335. The van der Waals surface area contributed by atoms with Crippen LogP contribution in [0.4, 0.5) is 0 Å². The third kappa shape index (κ3) is 8.26. The molecule has 0 spiro atoms. The maximum Gasteiger partial charge on any atom is 0.0648 e. The summed E-state index contributed by atoms with van der Waals surface area (Å²) in [6.07, 6.45) is 5.07. The van der Waals surface area contributed by atoms with Gasteiger partial charge < -0.3 is 0 Å². The average Bonchev–Trinajstić information content (AvgIpc) is 1.63. The van der Waals surface area contributed by atoms with Crippen LogP contribution < -0.4 is 0 Å². The lowest BCUT2D eigenvalue weighted by Gasteiger charge is -2.14. The Hall–Kier alpha value is 0.260. The lowest BCUT2D eigenvalue weighted by atomic mass is 10.3. The molecule has 0 bridgehead atoms. The van der Waals surface area contributed by atoms with E-state index in [2.05, 4.69) is 26.7 Å². The number of hydrogen-bond acceptors (Lipinski definition) is 2. The fourth-order valence-electron chi connectivity index (χ4n) is 0.240. The quantitative estimate of drug-likeness (QED) is 0.346. The highest BCUT2D eigenvalue weighted by Gasteiger charge is 2.09. The largest absolute Gasteiger partial charge is 0.119 e. The van der Waals surface area contributed by atoms with Crippen LogP contribution in [0.5, 0.6) is 0 Å². The minimum absolute atomic E-state index is 0.335. The Morgan fingerprint density at radius 3 is 2.33 bits per heavy atom. The molecule has 0 fully saturated rings. The molecule has 0 aliphatic carbocycles. The van der Waals surface area contributed by atoms with E-state index in [4.69, 9.17) is 6.42 Å². The molecule has 0 rings (SSSR count). The zero-order valence-electron chi connectivity index (χ0n) is 6.10. The van der Waals surface area contributed by atoms with Gasteiger partial charge in [-0.3, -0.25) is 0 Å². The zero-order valence-corrected chi connectivity index (χ0v) is 7.73. The van der Waals surface area contributed by atoms with Gasteiger partial charge in [0.15, 0.2) is 0 Å². The first-order chi connectivity index (χ1) is 4.06. The van der Waals surface area contributed by atoms with E-state index in [9.17, 15) is 0 Å². The summed E-state index contributed by atoms with van der Waals surface area (Å²) in [4.78, 5) is 0. The molecule has 0 aliphatic rings. The van der Waals surface area contributed by atoms with Crippen molar-refractivity contribution in [3.63, 3.8) is 0 Å². The molecule has 0 aliphatic heterocycles. The molecule has 52 valence electrons. The third-order valence-corrected chi connectivity index (χ3v) is 3.56. The molecule has 0 heterocycles. The molecule has 0 aromatic heterocycles. The maximum atomic E-state index is 5.07. The van der Waals surface area contributed by atoms with Crippen molar-refractivity contribution in [2.75, 3.05) is 5.75 Å². The van der Waals surface area contributed by atoms with E-state index in [1.165, 1.54) is 0 Å². The second-order valence-electron chi connectivity index (χ2n) is 2.66. The van der Waals surface area contributed by atoms with Crippen molar-refractivity contribution < 1.29 is 0 Å². The van der Waals surface area contributed by atoms with E-state index >= 15 is 0 Å². The van der Waals surface area contributed by atoms with Gasteiger partial charge in [0, 0.05) is 4.75 Å². The van der Waals surface area contributed by atoms with E-state index in [1.807, 2.05) is 10.8 Å². The Balaban J connectivity index is 3.20. The minimum atomic E-state index is 0.335. The normalized spacial score (nSPS) is 10.9. The van der Waals surface area contributed by atoms with Crippen LogP contribution in [-0.4, -0.2) is 10.5 Å². The van der Waals surface area contributed by atoms with Crippen LogP contribution in [-0.2, 0) is 0 Å². The smallest absolute Gasteiger partial charge is 0.0648 e. The van der Waals surface area contributed by atoms with Crippen molar-refractivity contribution in [2.24, 2.45) is 0 Å². The third-order valence-electron chi connectivity index (χ3n) is 0.451. The van der Waals surface area contributed by atoms with Crippen molar-refractivity contribution >= 4 is 21.6 Å². The molecule has 0 amide bonds. The van der Waals surface area contributed by atoms with Gasteiger partial charge >= 0.3 is 0 Å². The van der Waals surface area contributed by atoms with Crippen molar-refractivity contribution in [1.29, 1.82) is 0 Å². The standard InChI is InChI=1S/C7H12S2/c1-5-6-8-9-7(2,3)4/h1H,6H2,2-4H3. The lowest BCUT2D eigenvalue weighted by molar-refractivity contribution is 0.810. The van der Waals surface area contributed by atoms with Crippen LogP contribution in [0.2, 0.25) is 0 Å². The van der Waals surface area contributed by atoms with E-state index in [1.54, 1.807) is 10.8 Å².